The van der Waals surface area contributed by atoms with Gasteiger partial charge in [0, 0.05) is 49.6 Å². The lowest BCUT2D eigenvalue weighted by atomic mass is 9.45. The molecule has 346 valence electrons. The van der Waals surface area contributed by atoms with E-state index in [1.54, 1.807) is 0 Å². The highest BCUT2D eigenvalue weighted by Crippen LogP contribution is 2.50. The van der Waals surface area contributed by atoms with Crippen molar-refractivity contribution in [1.82, 2.24) is 4.48 Å². The molecule has 1 aliphatic rings. The second kappa shape index (κ2) is 15.2. The highest BCUT2D eigenvalue weighted by atomic mass is 16.3. The molecule has 0 aliphatic carbocycles. The number of anilines is 3. The van der Waals surface area contributed by atoms with Crippen LogP contribution in [0.15, 0.2) is 138 Å². The molecule has 0 bridgehead atoms. The second-order valence-electron chi connectivity index (χ2n) is 24.5. The first-order valence-electron chi connectivity index (χ1n) is 25.1. The van der Waals surface area contributed by atoms with E-state index < -0.39 is 0 Å². The van der Waals surface area contributed by atoms with Crippen LogP contribution in [0.4, 0.5) is 17.1 Å². The maximum atomic E-state index is 7.52. The number of para-hydroxylation sites is 1. The Hall–Kier alpha value is -6.52. The summed E-state index contributed by atoms with van der Waals surface area (Å²) in [7, 11) is 0. The van der Waals surface area contributed by atoms with Gasteiger partial charge in [-0.2, -0.15) is 0 Å². The number of rotatable bonds is 4. The summed E-state index contributed by atoms with van der Waals surface area (Å²) in [6.07, 6.45) is 0. The van der Waals surface area contributed by atoms with E-state index in [0.29, 0.717) is 0 Å². The van der Waals surface area contributed by atoms with E-state index in [1.165, 1.54) is 93.6 Å². The Bertz CT molecular complexity index is 3700. The molecule has 0 fully saturated rings. The monoisotopic (exact) mass is 903 g/mol. The van der Waals surface area contributed by atoms with E-state index in [9.17, 15) is 0 Å². The van der Waals surface area contributed by atoms with Crippen LogP contribution >= 0.6 is 0 Å². The molecule has 4 heteroatoms. The molecule has 11 rings (SSSR count). The maximum absolute atomic E-state index is 7.52. The van der Waals surface area contributed by atoms with Crippen molar-refractivity contribution in [3.8, 4) is 11.1 Å². The van der Waals surface area contributed by atoms with Crippen LogP contribution in [-0.4, -0.2) is 11.3 Å². The van der Waals surface area contributed by atoms with Gasteiger partial charge in [0.15, 0.2) is 0 Å². The Kier molecular flexibility index (Phi) is 9.93. The van der Waals surface area contributed by atoms with Crippen molar-refractivity contribution in [3.63, 3.8) is 0 Å². The minimum absolute atomic E-state index is 0.0154. The average Bonchev–Trinajstić information content (AvgIpc) is 3.82. The minimum atomic E-state index is -0.169. The smallest absolute Gasteiger partial charge is 0.333 e. The first-order valence-corrected chi connectivity index (χ1v) is 25.1. The molecule has 0 spiro atoms. The molecule has 3 heterocycles. The summed E-state index contributed by atoms with van der Waals surface area (Å²) >= 11 is 0. The van der Waals surface area contributed by atoms with E-state index in [1.807, 2.05) is 0 Å². The summed E-state index contributed by atoms with van der Waals surface area (Å²) in [6.45, 7) is 34.8. The lowest BCUT2D eigenvalue weighted by Gasteiger charge is -2.34. The Labute approximate surface area is 410 Å². The number of fused-ring (bicyclic) bond motifs is 10. The van der Waals surface area contributed by atoms with E-state index in [2.05, 4.69) is 247 Å². The molecule has 0 unspecified atom stereocenters. The molecule has 0 amide bonds. The number of nitrogens with zero attached hydrogens (tertiary/aromatic N) is 2. The molecular weight excluding hydrogens is 836 g/mol. The van der Waals surface area contributed by atoms with Crippen LogP contribution in [0.3, 0.4) is 0 Å². The molecule has 0 saturated heterocycles. The van der Waals surface area contributed by atoms with Crippen LogP contribution in [0, 0.1) is 20.8 Å². The third-order valence-corrected chi connectivity index (χ3v) is 15.3. The van der Waals surface area contributed by atoms with Crippen LogP contribution in [0.25, 0.3) is 65.6 Å². The van der Waals surface area contributed by atoms with Gasteiger partial charge in [-0.05, 0) is 147 Å². The first-order chi connectivity index (χ1) is 32.5. The largest absolute Gasteiger partial charge is 0.456 e. The molecule has 1 aliphatic heterocycles. The summed E-state index contributed by atoms with van der Waals surface area (Å²) in [5.41, 5.74) is 21.6. The maximum Gasteiger partial charge on any atom is 0.333 e. The Morgan fingerprint density at radius 3 is 1.71 bits per heavy atom. The van der Waals surface area contributed by atoms with Gasteiger partial charge in [-0.15, -0.1) is 0 Å². The van der Waals surface area contributed by atoms with Crippen molar-refractivity contribution in [2.45, 2.75) is 126 Å². The average molecular weight is 903 g/mol. The Morgan fingerprint density at radius 2 is 1.06 bits per heavy atom. The molecule has 0 atom stereocenters. The standard InChI is InChI=1S/C65H67BN2O/c1-38-28-39(2)58(40(3)29-38)66-59-51(53-36-46(65(13,14)15)35-52-50-34-43(62(4,5)6)25-27-54(50)68(66)60(52)53)37-55(57-49-22-18-19-23-56(49)69-61(57)59)67(47-26-24-41-20-16-17-21-42(41)30-47)48-32-44(63(7,8)9)31-45(33-48)64(10,11)12/h16-37H,1-15H3. The van der Waals surface area contributed by atoms with E-state index in [4.69, 9.17) is 4.42 Å². The van der Waals surface area contributed by atoms with Gasteiger partial charge in [0.2, 0.25) is 0 Å². The molecule has 69 heavy (non-hydrogen) atoms. The molecular formula is C65H67BN2O. The molecule has 0 saturated carbocycles. The third-order valence-electron chi connectivity index (χ3n) is 15.3. The van der Waals surface area contributed by atoms with Crippen molar-refractivity contribution >= 4 is 89.4 Å². The fraction of sp³-hybridized carbons (Fsp3) is 0.292. The summed E-state index contributed by atoms with van der Waals surface area (Å²) in [6, 6.07) is 51.4. The summed E-state index contributed by atoms with van der Waals surface area (Å²) in [4.78, 5) is 2.56. The van der Waals surface area contributed by atoms with Crippen molar-refractivity contribution < 1.29 is 4.42 Å². The molecule has 0 N–H and O–H groups in total. The van der Waals surface area contributed by atoms with E-state index in [-0.39, 0.29) is 28.5 Å². The number of hydrogen-bond donors (Lipinski definition) is 0. The number of aromatic nitrogens is 1. The molecule has 0 radical (unpaired) electrons. The Morgan fingerprint density at radius 1 is 0.464 bits per heavy atom. The SMILES string of the molecule is Cc1cc(C)c(B2c3c(cc(N(c4cc(C(C)(C)C)cc(C(C)(C)C)c4)c4ccc5ccccc5c4)c4c3oc3ccccc34)-c3cc(C(C)(C)C)cc4c5cc(C(C)(C)C)ccc5n2c34)c(C)c1. The molecule has 2 aromatic heterocycles. The quantitative estimate of drug-likeness (QED) is 0.164. The van der Waals surface area contributed by atoms with Crippen molar-refractivity contribution in [2.75, 3.05) is 4.90 Å². The van der Waals surface area contributed by atoms with Gasteiger partial charge in [0.05, 0.1) is 11.1 Å². The summed E-state index contributed by atoms with van der Waals surface area (Å²) in [5.74, 6) is 0. The summed E-state index contributed by atoms with van der Waals surface area (Å²) in [5, 5.41) is 7.28. The van der Waals surface area contributed by atoms with Gasteiger partial charge >= 0.3 is 6.85 Å². The highest BCUT2D eigenvalue weighted by Gasteiger charge is 2.41. The fourth-order valence-corrected chi connectivity index (χ4v) is 11.5. The molecule has 8 aromatic carbocycles. The zero-order valence-corrected chi connectivity index (χ0v) is 43.6. The number of aryl methyl sites for hydroxylation is 3. The van der Waals surface area contributed by atoms with Gasteiger partial charge in [0.25, 0.3) is 0 Å². The number of hydrogen-bond acceptors (Lipinski definition) is 2. The minimum Gasteiger partial charge on any atom is -0.456 e. The zero-order valence-electron chi connectivity index (χ0n) is 43.6. The molecule has 10 aromatic rings. The van der Waals surface area contributed by atoms with Gasteiger partial charge in [-0.25, -0.2) is 0 Å². The van der Waals surface area contributed by atoms with Crippen molar-refractivity contribution in [3.05, 3.63) is 172 Å². The topological polar surface area (TPSA) is 21.3 Å². The zero-order chi connectivity index (χ0) is 48.9. The predicted molar refractivity (Wildman–Crippen MR) is 300 cm³/mol. The van der Waals surface area contributed by atoms with E-state index in [0.717, 1.165) is 39.0 Å². The first kappa shape index (κ1) is 45.0. The van der Waals surface area contributed by atoms with E-state index >= 15 is 0 Å². The van der Waals surface area contributed by atoms with Gasteiger partial charge in [-0.1, -0.05) is 173 Å². The van der Waals surface area contributed by atoms with Crippen molar-refractivity contribution in [1.29, 1.82) is 0 Å². The van der Waals surface area contributed by atoms with Crippen LogP contribution in [-0.2, 0) is 21.7 Å². The third kappa shape index (κ3) is 7.23. The fourth-order valence-electron chi connectivity index (χ4n) is 11.5. The van der Waals surface area contributed by atoms with Crippen LogP contribution < -0.4 is 15.8 Å². The van der Waals surface area contributed by atoms with Gasteiger partial charge in [0.1, 0.15) is 11.2 Å². The van der Waals surface area contributed by atoms with Gasteiger partial charge < -0.3 is 13.8 Å². The highest BCUT2D eigenvalue weighted by molar-refractivity contribution is 6.89. The predicted octanol–water partition coefficient (Wildman–Crippen LogP) is 17.1. The Balaban J connectivity index is 1.37. The lowest BCUT2D eigenvalue weighted by molar-refractivity contribution is 0.569. The lowest BCUT2D eigenvalue weighted by Crippen LogP contribution is -2.53. The van der Waals surface area contributed by atoms with Crippen molar-refractivity contribution in [2.24, 2.45) is 0 Å². The molecule has 3 nitrogen and oxygen atoms in total. The second-order valence-corrected chi connectivity index (χ2v) is 24.5. The van der Waals surface area contributed by atoms with Gasteiger partial charge in [-0.3, -0.25) is 0 Å². The normalized spacial score (nSPS) is 13.4. The van der Waals surface area contributed by atoms with Crippen LogP contribution in [0.1, 0.15) is 122 Å². The number of furan rings is 1. The number of benzene rings is 8. The van der Waals surface area contributed by atoms with Crippen LogP contribution in [0.2, 0.25) is 0 Å². The summed E-state index contributed by atoms with van der Waals surface area (Å²) < 4.78 is 10.2. The van der Waals surface area contributed by atoms with Crippen LogP contribution in [0.5, 0.6) is 0 Å².